The first-order valence-electron chi connectivity index (χ1n) is 8.74. The van der Waals surface area contributed by atoms with E-state index in [1.165, 1.54) is 11.6 Å². The Balaban J connectivity index is 2.02. The first kappa shape index (κ1) is 19.7. The molecule has 3 nitrogen and oxygen atoms in total. The van der Waals surface area contributed by atoms with Gasteiger partial charge in [0, 0.05) is 42.9 Å². The van der Waals surface area contributed by atoms with Gasteiger partial charge in [0.05, 0.1) is 5.69 Å². The number of H-pyrrole nitrogens is 1. The molecule has 1 N–H and O–H groups in total. The van der Waals surface area contributed by atoms with Gasteiger partial charge < -0.3 is 9.55 Å². The van der Waals surface area contributed by atoms with E-state index in [0.29, 0.717) is 5.69 Å². The molecule has 0 aliphatic carbocycles. The molecule has 3 aromatic rings. The number of terminal acetylenes is 1. The summed E-state index contributed by atoms with van der Waals surface area (Å²) in [6, 6.07) is 8.10. The fourth-order valence-electron chi connectivity index (χ4n) is 2.94. The van der Waals surface area contributed by atoms with Crippen molar-refractivity contribution in [1.29, 1.82) is 0 Å². The van der Waals surface area contributed by atoms with Crippen LogP contribution in [0, 0.1) is 47.7 Å². The van der Waals surface area contributed by atoms with Crippen molar-refractivity contribution in [1.82, 2.24) is 9.55 Å². The van der Waals surface area contributed by atoms with E-state index in [1.54, 1.807) is 30.6 Å². The van der Waals surface area contributed by atoms with Gasteiger partial charge in [-0.1, -0.05) is 23.8 Å². The lowest BCUT2D eigenvalue weighted by Crippen LogP contribution is -2.25. The van der Waals surface area contributed by atoms with Crippen LogP contribution in [0.4, 0.5) is 8.78 Å². The third kappa shape index (κ3) is 4.46. The summed E-state index contributed by atoms with van der Waals surface area (Å²) < 4.78 is 29.5. The molecule has 0 fully saturated rings. The topological polar surface area (TPSA) is 37.8 Å². The average molecular weight is 386 g/mol. The van der Waals surface area contributed by atoms with Crippen LogP contribution in [0.2, 0.25) is 0 Å². The van der Waals surface area contributed by atoms with E-state index >= 15 is 0 Å². The Kier molecular flexibility index (Phi) is 5.98. The molecular weight excluding hydrogens is 370 g/mol. The molecule has 29 heavy (non-hydrogen) atoms. The van der Waals surface area contributed by atoms with Gasteiger partial charge in [0.2, 0.25) is 0 Å². The molecule has 1 aromatic carbocycles. The van der Waals surface area contributed by atoms with Crippen LogP contribution in [0.25, 0.3) is 0 Å². The van der Waals surface area contributed by atoms with Crippen molar-refractivity contribution in [3.8, 4) is 36.0 Å². The summed E-state index contributed by atoms with van der Waals surface area (Å²) >= 11 is 0. The minimum atomic E-state index is -0.766. The lowest BCUT2D eigenvalue weighted by molar-refractivity contribution is 0.574. The van der Waals surface area contributed by atoms with E-state index in [4.69, 9.17) is 6.42 Å². The third-order valence-electron chi connectivity index (χ3n) is 4.45. The molecule has 3 rings (SSSR count). The number of nitrogens with zero attached hydrogens (tertiary/aromatic N) is 1. The number of hydrogen-bond acceptors (Lipinski definition) is 1. The molecule has 0 spiro atoms. The van der Waals surface area contributed by atoms with Gasteiger partial charge in [0.15, 0.2) is 0 Å². The largest absolute Gasteiger partial charge is 0.367 e. The minimum absolute atomic E-state index is 0.0588. The summed E-state index contributed by atoms with van der Waals surface area (Å²) in [6.07, 6.45) is 8.96. The standard InChI is InChI=1S/C24H16F2N2O/c1-3-19-10-11-21(24(29)28(19)2)20(22-15-18(25)9-12-23(22)26)8-6-4-5-7-17-13-14-27-16-17/h1,9-16,20,27H,8H2,2H3. The van der Waals surface area contributed by atoms with Gasteiger partial charge in [-0.2, -0.15) is 0 Å². The highest BCUT2D eigenvalue weighted by atomic mass is 19.1. The molecule has 0 radical (unpaired) electrons. The predicted octanol–water partition coefficient (Wildman–Crippen LogP) is 3.55. The van der Waals surface area contributed by atoms with E-state index in [1.807, 2.05) is 0 Å². The van der Waals surface area contributed by atoms with E-state index in [2.05, 4.69) is 34.6 Å². The first-order chi connectivity index (χ1) is 14.0. The maximum atomic E-state index is 14.5. The Morgan fingerprint density at radius 1 is 1.14 bits per heavy atom. The SMILES string of the molecule is C#Cc1ccc(C(CC#CC#Cc2cc[nH]c2)c2cc(F)ccc2F)c(=O)n1C. The quantitative estimate of drug-likeness (QED) is 0.687. The zero-order valence-electron chi connectivity index (χ0n) is 15.6. The number of hydrogen-bond donors (Lipinski definition) is 1. The van der Waals surface area contributed by atoms with Gasteiger partial charge in [0.1, 0.15) is 11.6 Å². The van der Waals surface area contributed by atoms with Crippen LogP contribution in [0.3, 0.4) is 0 Å². The number of rotatable bonds is 3. The predicted molar refractivity (Wildman–Crippen MR) is 108 cm³/mol. The molecule has 142 valence electrons. The Morgan fingerprint density at radius 2 is 1.97 bits per heavy atom. The van der Waals surface area contributed by atoms with Gasteiger partial charge in [-0.15, -0.1) is 6.42 Å². The number of aromatic amines is 1. The van der Waals surface area contributed by atoms with E-state index in [-0.39, 0.29) is 23.1 Å². The maximum absolute atomic E-state index is 14.5. The van der Waals surface area contributed by atoms with Gasteiger partial charge in [-0.3, -0.25) is 4.79 Å². The Morgan fingerprint density at radius 3 is 2.69 bits per heavy atom. The molecule has 0 aliphatic rings. The fraction of sp³-hybridized carbons (Fsp3) is 0.125. The van der Waals surface area contributed by atoms with Crippen LogP contribution in [0.1, 0.15) is 34.7 Å². The van der Waals surface area contributed by atoms with E-state index < -0.39 is 17.6 Å². The highest BCUT2D eigenvalue weighted by molar-refractivity contribution is 5.40. The Hall–Kier alpha value is -4.01. The van der Waals surface area contributed by atoms with Crippen LogP contribution in [0.5, 0.6) is 0 Å². The molecule has 1 atom stereocenters. The molecule has 0 amide bonds. The smallest absolute Gasteiger partial charge is 0.255 e. The first-order valence-corrected chi connectivity index (χ1v) is 8.74. The van der Waals surface area contributed by atoms with Gasteiger partial charge in [-0.05, 0) is 47.7 Å². The molecule has 2 aromatic heterocycles. The van der Waals surface area contributed by atoms with Crippen LogP contribution >= 0.6 is 0 Å². The van der Waals surface area contributed by atoms with Crippen LogP contribution < -0.4 is 5.56 Å². The second-order valence-electron chi connectivity index (χ2n) is 6.26. The third-order valence-corrected chi connectivity index (χ3v) is 4.45. The molecule has 0 bridgehead atoms. The van der Waals surface area contributed by atoms with Gasteiger partial charge >= 0.3 is 0 Å². The van der Waals surface area contributed by atoms with Crippen LogP contribution in [-0.4, -0.2) is 9.55 Å². The summed E-state index contributed by atoms with van der Waals surface area (Å²) in [6.45, 7) is 0. The summed E-state index contributed by atoms with van der Waals surface area (Å²) in [5, 5.41) is 0. The highest BCUT2D eigenvalue weighted by Crippen LogP contribution is 2.28. The summed E-state index contributed by atoms with van der Waals surface area (Å²) in [4.78, 5) is 15.7. The van der Waals surface area contributed by atoms with E-state index in [9.17, 15) is 13.6 Å². The summed E-state index contributed by atoms with van der Waals surface area (Å²) in [5.74, 6) is 11.6. The summed E-state index contributed by atoms with van der Waals surface area (Å²) in [7, 11) is 1.54. The normalized spacial score (nSPS) is 10.8. The van der Waals surface area contributed by atoms with Crippen LogP contribution in [-0.2, 0) is 7.05 Å². The zero-order valence-corrected chi connectivity index (χ0v) is 15.6. The number of nitrogens with one attached hydrogen (secondary N) is 1. The lowest BCUT2D eigenvalue weighted by atomic mass is 9.88. The second-order valence-corrected chi connectivity index (χ2v) is 6.26. The van der Waals surface area contributed by atoms with Gasteiger partial charge in [-0.25, -0.2) is 8.78 Å². The molecule has 1 unspecified atom stereocenters. The Labute approximate surface area is 167 Å². The van der Waals surface area contributed by atoms with Crippen LogP contribution in [0.15, 0.2) is 53.6 Å². The number of pyridine rings is 1. The zero-order chi connectivity index (χ0) is 20.8. The van der Waals surface area contributed by atoms with Crippen molar-refractivity contribution >= 4 is 0 Å². The van der Waals surface area contributed by atoms with E-state index in [0.717, 1.165) is 23.8 Å². The van der Waals surface area contributed by atoms with Crippen molar-refractivity contribution in [2.45, 2.75) is 12.3 Å². The molecule has 0 aliphatic heterocycles. The van der Waals surface area contributed by atoms with Crippen molar-refractivity contribution in [2.24, 2.45) is 7.05 Å². The summed E-state index contributed by atoms with van der Waals surface area (Å²) in [5.41, 5.74) is 1.13. The maximum Gasteiger partial charge on any atom is 0.255 e. The number of halogens is 2. The van der Waals surface area contributed by atoms with Crippen molar-refractivity contribution < 1.29 is 8.78 Å². The highest BCUT2D eigenvalue weighted by Gasteiger charge is 2.22. The molecule has 0 saturated heterocycles. The molecule has 5 heteroatoms. The second kappa shape index (κ2) is 8.79. The van der Waals surface area contributed by atoms with Gasteiger partial charge in [0.25, 0.3) is 5.56 Å². The fourth-order valence-corrected chi connectivity index (χ4v) is 2.94. The number of aromatic nitrogens is 2. The minimum Gasteiger partial charge on any atom is -0.367 e. The molecule has 2 heterocycles. The monoisotopic (exact) mass is 386 g/mol. The molecular formula is C24H16F2N2O. The van der Waals surface area contributed by atoms with Crippen molar-refractivity contribution in [3.05, 3.63) is 93.2 Å². The Bertz CT molecular complexity index is 1260. The number of benzene rings is 1. The van der Waals surface area contributed by atoms with Crippen molar-refractivity contribution in [3.63, 3.8) is 0 Å². The lowest BCUT2D eigenvalue weighted by Gasteiger charge is -2.17. The average Bonchev–Trinajstić information content (AvgIpc) is 3.23. The molecule has 0 saturated carbocycles. The van der Waals surface area contributed by atoms with Crippen molar-refractivity contribution in [2.75, 3.05) is 0 Å².